The maximum atomic E-state index is 6.49. The quantitative estimate of drug-likeness (QED) is 0.394. The van der Waals surface area contributed by atoms with E-state index in [4.69, 9.17) is 16.6 Å². The van der Waals surface area contributed by atoms with E-state index in [0.29, 0.717) is 5.02 Å². The van der Waals surface area contributed by atoms with Crippen LogP contribution in [0.25, 0.3) is 45.0 Å². The van der Waals surface area contributed by atoms with Crippen molar-refractivity contribution in [1.82, 2.24) is 24.1 Å². The van der Waals surface area contributed by atoms with Crippen molar-refractivity contribution in [2.24, 2.45) is 7.05 Å². The van der Waals surface area contributed by atoms with Gasteiger partial charge >= 0.3 is 0 Å². The van der Waals surface area contributed by atoms with Gasteiger partial charge in [0.1, 0.15) is 5.65 Å². The zero-order chi connectivity index (χ0) is 20.0. The van der Waals surface area contributed by atoms with E-state index in [-0.39, 0.29) is 0 Å². The molecule has 0 unspecified atom stereocenters. The summed E-state index contributed by atoms with van der Waals surface area (Å²) >= 11 is 6.49. The van der Waals surface area contributed by atoms with Crippen molar-refractivity contribution in [2.75, 3.05) is 0 Å². The number of rotatable bonds is 3. The summed E-state index contributed by atoms with van der Waals surface area (Å²) < 4.78 is 3.88. The van der Waals surface area contributed by atoms with Crippen LogP contribution >= 0.6 is 11.6 Å². The molecule has 0 N–H and O–H groups in total. The fraction of sp³-hybridized carbons (Fsp3) is 0.0870. The number of pyridine rings is 2. The SMILES string of the molecule is CC=Cc1c(-c2ccccc2Cl)nc2c3cc(-c4cnn(C)c4)cnc3ccn12. The predicted octanol–water partition coefficient (Wildman–Crippen LogP) is 5.64. The second kappa shape index (κ2) is 6.87. The monoisotopic (exact) mass is 399 g/mol. The molecule has 5 nitrogen and oxygen atoms in total. The average molecular weight is 400 g/mol. The first kappa shape index (κ1) is 17.6. The number of aromatic nitrogens is 5. The first-order valence-corrected chi connectivity index (χ1v) is 9.71. The molecule has 5 rings (SSSR count). The average Bonchev–Trinajstić information content (AvgIpc) is 3.32. The van der Waals surface area contributed by atoms with Crippen LogP contribution in [0.3, 0.4) is 0 Å². The maximum Gasteiger partial charge on any atom is 0.147 e. The molecule has 0 bridgehead atoms. The largest absolute Gasteiger partial charge is 0.299 e. The van der Waals surface area contributed by atoms with Crippen LogP contribution in [0, 0.1) is 0 Å². The summed E-state index contributed by atoms with van der Waals surface area (Å²) in [5, 5.41) is 5.94. The third kappa shape index (κ3) is 2.91. The molecule has 4 aromatic heterocycles. The number of hydrogen-bond donors (Lipinski definition) is 0. The van der Waals surface area contributed by atoms with Gasteiger partial charge in [0.25, 0.3) is 0 Å². The lowest BCUT2D eigenvalue weighted by molar-refractivity contribution is 0.768. The van der Waals surface area contributed by atoms with Gasteiger partial charge in [0.15, 0.2) is 0 Å². The Morgan fingerprint density at radius 2 is 1.93 bits per heavy atom. The first-order chi connectivity index (χ1) is 14.2. The Kier molecular flexibility index (Phi) is 4.18. The van der Waals surface area contributed by atoms with Gasteiger partial charge in [0, 0.05) is 47.7 Å². The molecule has 0 spiro atoms. The second-order valence-corrected chi connectivity index (χ2v) is 7.30. The lowest BCUT2D eigenvalue weighted by atomic mass is 10.1. The first-order valence-electron chi connectivity index (χ1n) is 9.33. The Bertz CT molecular complexity index is 1390. The van der Waals surface area contributed by atoms with Crippen LogP contribution < -0.4 is 0 Å². The van der Waals surface area contributed by atoms with Gasteiger partial charge in [0.05, 0.1) is 28.1 Å². The number of imidazole rings is 1. The number of hydrogen-bond acceptors (Lipinski definition) is 3. The number of allylic oxidation sites excluding steroid dienone is 1. The highest BCUT2D eigenvalue weighted by Crippen LogP contribution is 2.33. The van der Waals surface area contributed by atoms with E-state index in [1.54, 1.807) is 4.68 Å². The Morgan fingerprint density at radius 1 is 1.07 bits per heavy atom. The van der Waals surface area contributed by atoms with E-state index in [1.807, 2.05) is 75.2 Å². The van der Waals surface area contributed by atoms with E-state index in [9.17, 15) is 0 Å². The topological polar surface area (TPSA) is 48.0 Å². The van der Waals surface area contributed by atoms with Crippen LogP contribution in [0.1, 0.15) is 12.6 Å². The molecule has 0 aliphatic heterocycles. The lowest BCUT2D eigenvalue weighted by Crippen LogP contribution is -1.91. The van der Waals surface area contributed by atoms with Gasteiger partial charge < -0.3 is 0 Å². The highest BCUT2D eigenvalue weighted by atomic mass is 35.5. The zero-order valence-electron chi connectivity index (χ0n) is 16.0. The summed E-state index contributed by atoms with van der Waals surface area (Å²) in [6, 6.07) is 11.9. The molecule has 0 aliphatic rings. The Labute approximate surface area is 172 Å². The second-order valence-electron chi connectivity index (χ2n) is 6.89. The highest BCUT2D eigenvalue weighted by Gasteiger charge is 2.17. The van der Waals surface area contributed by atoms with Crippen molar-refractivity contribution >= 4 is 34.2 Å². The number of halogens is 1. The fourth-order valence-corrected chi connectivity index (χ4v) is 3.84. The van der Waals surface area contributed by atoms with Gasteiger partial charge in [-0.1, -0.05) is 35.9 Å². The van der Waals surface area contributed by atoms with Gasteiger partial charge in [-0.3, -0.25) is 14.1 Å². The Hall–Kier alpha value is -3.44. The van der Waals surface area contributed by atoms with Crippen molar-refractivity contribution in [3.63, 3.8) is 0 Å². The van der Waals surface area contributed by atoms with Gasteiger partial charge in [-0.25, -0.2) is 4.98 Å². The van der Waals surface area contributed by atoms with Gasteiger partial charge in [0.2, 0.25) is 0 Å². The minimum atomic E-state index is 0.681. The molecule has 0 fully saturated rings. The molecule has 29 heavy (non-hydrogen) atoms. The minimum absolute atomic E-state index is 0.681. The Balaban J connectivity index is 1.83. The van der Waals surface area contributed by atoms with Crippen LogP contribution in [0.4, 0.5) is 0 Å². The summed E-state index contributed by atoms with van der Waals surface area (Å²) in [6.45, 7) is 2.00. The van der Waals surface area contributed by atoms with Crippen molar-refractivity contribution in [1.29, 1.82) is 0 Å². The molecule has 142 valence electrons. The Morgan fingerprint density at radius 3 is 2.69 bits per heavy atom. The molecular formula is C23H18ClN5. The molecule has 0 aliphatic carbocycles. The number of aryl methyl sites for hydroxylation is 1. The molecule has 4 heterocycles. The summed E-state index contributed by atoms with van der Waals surface area (Å²) in [5.41, 5.74) is 6.54. The van der Waals surface area contributed by atoms with Crippen molar-refractivity contribution in [2.45, 2.75) is 6.92 Å². The molecule has 6 heteroatoms. The van der Waals surface area contributed by atoms with Crippen LogP contribution in [0.5, 0.6) is 0 Å². The van der Waals surface area contributed by atoms with Gasteiger partial charge in [-0.2, -0.15) is 5.10 Å². The number of nitrogens with zero attached hydrogens (tertiary/aromatic N) is 5. The van der Waals surface area contributed by atoms with E-state index in [1.165, 1.54) is 0 Å². The van der Waals surface area contributed by atoms with Crippen LogP contribution in [0.15, 0.2) is 67.3 Å². The fourth-order valence-electron chi connectivity index (χ4n) is 3.62. The van der Waals surface area contributed by atoms with E-state index in [0.717, 1.165) is 44.6 Å². The molecule has 5 aromatic rings. The third-order valence-corrected chi connectivity index (χ3v) is 5.31. The lowest BCUT2D eigenvalue weighted by Gasteiger charge is -2.04. The minimum Gasteiger partial charge on any atom is -0.299 e. The van der Waals surface area contributed by atoms with Crippen LogP contribution in [0.2, 0.25) is 5.02 Å². The molecule has 0 saturated carbocycles. The van der Waals surface area contributed by atoms with Crippen molar-refractivity contribution in [3.05, 3.63) is 78.0 Å². The number of fused-ring (bicyclic) bond motifs is 3. The van der Waals surface area contributed by atoms with Gasteiger partial charge in [-0.05, 0) is 31.2 Å². The van der Waals surface area contributed by atoms with Gasteiger partial charge in [-0.15, -0.1) is 0 Å². The maximum absolute atomic E-state index is 6.49. The van der Waals surface area contributed by atoms with E-state index < -0.39 is 0 Å². The predicted molar refractivity (Wildman–Crippen MR) is 118 cm³/mol. The molecule has 0 saturated heterocycles. The summed E-state index contributed by atoms with van der Waals surface area (Å²) in [4.78, 5) is 9.65. The van der Waals surface area contributed by atoms with Crippen molar-refractivity contribution < 1.29 is 0 Å². The molecule has 1 aromatic carbocycles. The summed E-state index contributed by atoms with van der Waals surface area (Å²) in [5.74, 6) is 0. The molecular weight excluding hydrogens is 382 g/mol. The standard InChI is InChI=1S/C23H18ClN5/c1-3-6-21-22(17-7-4-5-8-19(17)24)27-23-18-11-15(16-13-26-28(2)14-16)12-25-20(18)9-10-29(21)23/h3-14H,1-2H3. The summed E-state index contributed by atoms with van der Waals surface area (Å²) in [7, 11) is 1.91. The molecule has 0 amide bonds. The molecule has 0 atom stereocenters. The van der Waals surface area contributed by atoms with E-state index in [2.05, 4.69) is 26.6 Å². The van der Waals surface area contributed by atoms with Crippen LogP contribution in [-0.2, 0) is 7.05 Å². The number of benzene rings is 1. The normalized spacial score (nSPS) is 11.8. The van der Waals surface area contributed by atoms with Crippen molar-refractivity contribution in [3.8, 4) is 22.4 Å². The third-order valence-electron chi connectivity index (χ3n) is 4.98. The zero-order valence-corrected chi connectivity index (χ0v) is 16.8. The highest BCUT2D eigenvalue weighted by molar-refractivity contribution is 6.33. The molecule has 0 radical (unpaired) electrons. The smallest absolute Gasteiger partial charge is 0.147 e. The van der Waals surface area contributed by atoms with E-state index >= 15 is 0 Å². The van der Waals surface area contributed by atoms with Crippen LogP contribution in [-0.4, -0.2) is 24.1 Å². The summed E-state index contributed by atoms with van der Waals surface area (Å²) in [6.07, 6.45) is 11.8.